The molecule has 3 aliphatic rings. The molecule has 1 amide bonds. The number of amides is 1. The van der Waals surface area contributed by atoms with Gasteiger partial charge in [-0.2, -0.15) is 4.98 Å². The Morgan fingerprint density at radius 1 is 1.22 bits per heavy atom. The van der Waals surface area contributed by atoms with Crippen molar-refractivity contribution in [2.75, 3.05) is 55.7 Å². The van der Waals surface area contributed by atoms with E-state index >= 15 is 0 Å². The fourth-order valence-corrected chi connectivity index (χ4v) is 4.80. The van der Waals surface area contributed by atoms with Crippen molar-refractivity contribution in [1.29, 1.82) is 0 Å². The summed E-state index contributed by atoms with van der Waals surface area (Å²) in [7, 11) is 0. The minimum atomic E-state index is -0.368. The molecule has 2 aromatic rings. The van der Waals surface area contributed by atoms with Gasteiger partial charge in [0.2, 0.25) is 11.9 Å². The first-order valence-corrected chi connectivity index (χ1v) is 11.1. The van der Waals surface area contributed by atoms with Crippen LogP contribution in [-0.2, 0) is 9.53 Å². The van der Waals surface area contributed by atoms with Crippen molar-refractivity contribution in [1.82, 2.24) is 20.3 Å². The molecule has 2 aliphatic heterocycles. The van der Waals surface area contributed by atoms with Gasteiger partial charge in [0, 0.05) is 51.2 Å². The van der Waals surface area contributed by atoms with E-state index in [1.165, 1.54) is 12.3 Å². The molecule has 5 rings (SSSR count). The summed E-state index contributed by atoms with van der Waals surface area (Å²) < 4.78 is 19.8. The molecular weight excluding hydrogens is 411 g/mol. The number of hydrogen-bond acceptors (Lipinski definition) is 7. The Labute approximate surface area is 186 Å². The second kappa shape index (κ2) is 9.20. The van der Waals surface area contributed by atoms with Crippen molar-refractivity contribution in [3.05, 3.63) is 48.2 Å². The third kappa shape index (κ3) is 4.57. The largest absolute Gasteiger partial charge is 0.378 e. The van der Waals surface area contributed by atoms with Gasteiger partial charge < -0.3 is 19.9 Å². The fourth-order valence-electron chi connectivity index (χ4n) is 4.80. The highest BCUT2D eigenvalue weighted by molar-refractivity contribution is 5.91. The zero-order valence-electron chi connectivity index (χ0n) is 17.9. The fraction of sp³-hybridized carbons (Fsp3) is 0.478. The first-order valence-electron chi connectivity index (χ1n) is 11.1. The zero-order valence-corrected chi connectivity index (χ0v) is 17.9. The van der Waals surface area contributed by atoms with Crippen molar-refractivity contribution < 1.29 is 13.9 Å². The van der Waals surface area contributed by atoms with Crippen molar-refractivity contribution in [3.63, 3.8) is 0 Å². The number of hydrogen-bond donors (Lipinski definition) is 1. The molecule has 0 radical (unpaired) electrons. The molecule has 3 fully saturated rings. The Morgan fingerprint density at radius 3 is 2.78 bits per heavy atom. The standard InChI is InChI=1S/C23H27FN6O2/c24-20-13-27-23(29-8-10-32-11-9-29)28-22(20)30-14-18-17(19(18)15-30)5-7-26-21(31)4-3-16-2-1-6-25-12-16/h1-4,6,12-13,17-19H,5,7-11,14-15H2,(H,26,31)/b4-3+/t17?,18-,19+. The van der Waals surface area contributed by atoms with E-state index in [9.17, 15) is 9.18 Å². The molecule has 1 aliphatic carbocycles. The van der Waals surface area contributed by atoms with Gasteiger partial charge in [-0.3, -0.25) is 9.78 Å². The minimum absolute atomic E-state index is 0.0972. The van der Waals surface area contributed by atoms with E-state index in [0.29, 0.717) is 49.3 Å². The Kier molecular flexibility index (Phi) is 5.98. The van der Waals surface area contributed by atoms with E-state index in [2.05, 4.69) is 20.3 Å². The SMILES string of the molecule is O=C(/C=C/c1cccnc1)NCCC1[C@H]2CN(c3nc(N4CCOCC4)ncc3F)C[C@@H]12. The molecule has 9 heteroatoms. The lowest BCUT2D eigenvalue weighted by Gasteiger charge is -2.28. The van der Waals surface area contributed by atoms with E-state index < -0.39 is 0 Å². The lowest BCUT2D eigenvalue weighted by molar-refractivity contribution is -0.116. The van der Waals surface area contributed by atoms with Crippen LogP contribution < -0.4 is 15.1 Å². The van der Waals surface area contributed by atoms with Crippen LogP contribution in [-0.4, -0.2) is 66.8 Å². The van der Waals surface area contributed by atoms with Gasteiger partial charge in [-0.15, -0.1) is 0 Å². The summed E-state index contributed by atoms with van der Waals surface area (Å²) in [5.74, 6) is 2.17. The van der Waals surface area contributed by atoms with E-state index in [1.54, 1.807) is 18.5 Å². The third-order valence-corrected chi connectivity index (χ3v) is 6.57. The number of piperidine rings is 1. The van der Waals surface area contributed by atoms with Crippen molar-refractivity contribution in [2.45, 2.75) is 6.42 Å². The smallest absolute Gasteiger partial charge is 0.244 e. The monoisotopic (exact) mass is 438 g/mol. The molecule has 4 heterocycles. The minimum Gasteiger partial charge on any atom is -0.378 e. The van der Waals surface area contributed by atoms with E-state index in [1.807, 2.05) is 21.9 Å². The Hall–Kier alpha value is -3.07. The summed E-state index contributed by atoms with van der Waals surface area (Å²) in [4.78, 5) is 28.8. The molecule has 32 heavy (non-hydrogen) atoms. The van der Waals surface area contributed by atoms with E-state index in [4.69, 9.17) is 4.74 Å². The summed E-state index contributed by atoms with van der Waals surface area (Å²) in [5, 5.41) is 2.95. The molecule has 168 valence electrons. The number of fused-ring (bicyclic) bond motifs is 1. The summed E-state index contributed by atoms with van der Waals surface area (Å²) >= 11 is 0. The number of carbonyl (C=O) groups excluding carboxylic acids is 1. The van der Waals surface area contributed by atoms with Gasteiger partial charge in [0.25, 0.3) is 0 Å². The molecule has 1 unspecified atom stereocenters. The van der Waals surface area contributed by atoms with Crippen molar-refractivity contribution >= 4 is 23.7 Å². The molecule has 3 atom stereocenters. The topological polar surface area (TPSA) is 83.5 Å². The van der Waals surface area contributed by atoms with Gasteiger partial charge in [0.15, 0.2) is 11.6 Å². The Bertz CT molecular complexity index is 970. The van der Waals surface area contributed by atoms with Crippen LogP contribution in [0.1, 0.15) is 12.0 Å². The Morgan fingerprint density at radius 2 is 2.03 bits per heavy atom. The zero-order chi connectivity index (χ0) is 21.9. The van der Waals surface area contributed by atoms with Gasteiger partial charge in [0.05, 0.1) is 19.4 Å². The van der Waals surface area contributed by atoms with Crippen LogP contribution in [0.4, 0.5) is 16.2 Å². The number of halogens is 1. The molecule has 0 aromatic carbocycles. The second-order valence-corrected chi connectivity index (χ2v) is 8.54. The lowest BCUT2D eigenvalue weighted by atomic mass is 10.2. The van der Waals surface area contributed by atoms with Crippen LogP contribution >= 0.6 is 0 Å². The molecule has 2 aromatic heterocycles. The maximum Gasteiger partial charge on any atom is 0.244 e. The highest BCUT2D eigenvalue weighted by Gasteiger charge is 2.55. The third-order valence-electron chi connectivity index (χ3n) is 6.57. The highest BCUT2D eigenvalue weighted by atomic mass is 19.1. The second-order valence-electron chi connectivity index (χ2n) is 8.54. The summed E-state index contributed by atoms with van der Waals surface area (Å²) in [5.41, 5.74) is 0.896. The van der Waals surface area contributed by atoms with Crippen molar-refractivity contribution in [2.24, 2.45) is 17.8 Å². The van der Waals surface area contributed by atoms with Gasteiger partial charge in [-0.25, -0.2) is 9.37 Å². The summed E-state index contributed by atoms with van der Waals surface area (Å²) in [6.45, 7) is 4.99. The number of rotatable bonds is 7. The maximum atomic E-state index is 14.4. The number of ether oxygens (including phenoxy) is 1. The lowest BCUT2D eigenvalue weighted by Crippen LogP contribution is -2.38. The van der Waals surface area contributed by atoms with Crippen LogP contribution in [0.2, 0.25) is 0 Å². The average molecular weight is 439 g/mol. The van der Waals surface area contributed by atoms with Crippen LogP contribution in [0.3, 0.4) is 0 Å². The van der Waals surface area contributed by atoms with Crippen molar-refractivity contribution in [3.8, 4) is 0 Å². The first-order chi connectivity index (χ1) is 15.7. The molecule has 2 saturated heterocycles. The normalized spacial score (nSPS) is 24.6. The van der Waals surface area contributed by atoms with Gasteiger partial charge in [0.1, 0.15) is 0 Å². The number of carbonyl (C=O) groups is 1. The summed E-state index contributed by atoms with van der Waals surface area (Å²) in [6, 6.07) is 3.74. The van der Waals surface area contributed by atoms with Crippen LogP contribution in [0, 0.1) is 23.6 Å². The quantitative estimate of drug-likeness (QED) is 0.660. The molecule has 8 nitrogen and oxygen atoms in total. The number of nitrogens with zero attached hydrogens (tertiary/aromatic N) is 5. The maximum absolute atomic E-state index is 14.4. The first kappa shape index (κ1) is 20.8. The molecular formula is C23H27FN6O2. The predicted molar refractivity (Wildman–Crippen MR) is 119 cm³/mol. The molecule has 1 saturated carbocycles. The van der Waals surface area contributed by atoms with E-state index in [-0.39, 0.29) is 11.7 Å². The number of pyridine rings is 1. The predicted octanol–water partition coefficient (Wildman–Crippen LogP) is 1.75. The molecule has 0 spiro atoms. The van der Waals surface area contributed by atoms with Gasteiger partial charge in [-0.1, -0.05) is 6.07 Å². The van der Waals surface area contributed by atoms with E-state index in [0.717, 1.165) is 38.2 Å². The molecule has 0 bridgehead atoms. The number of aromatic nitrogens is 3. The highest BCUT2D eigenvalue weighted by Crippen LogP contribution is 2.54. The van der Waals surface area contributed by atoms with Gasteiger partial charge >= 0.3 is 0 Å². The Balaban J connectivity index is 1.08. The number of anilines is 2. The van der Waals surface area contributed by atoms with Gasteiger partial charge in [-0.05, 0) is 41.9 Å². The van der Waals surface area contributed by atoms with Crippen LogP contribution in [0.25, 0.3) is 6.08 Å². The number of nitrogens with one attached hydrogen (secondary N) is 1. The molecule has 1 N–H and O–H groups in total. The van der Waals surface area contributed by atoms with Crippen LogP contribution in [0.5, 0.6) is 0 Å². The average Bonchev–Trinajstić information content (AvgIpc) is 3.27. The summed E-state index contributed by atoms with van der Waals surface area (Å²) in [6.07, 6.45) is 8.94. The van der Waals surface area contributed by atoms with Crippen LogP contribution in [0.15, 0.2) is 36.8 Å². The number of morpholine rings is 1.